The van der Waals surface area contributed by atoms with Crippen molar-refractivity contribution in [3.8, 4) is 0 Å². The molecule has 2 aromatic rings. The standard InChI is InChI=1S/C11H12BrClN4/c12-10-2-1-9(7-11(10)13)8-14-3-5-17-6-4-15-16-17/h1-2,4,6-7,14H,3,5,8H2. The molecule has 4 nitrogen and oxygen atoms in total. The summed E-state index contributed by atoms with van der Waals surface area (Å²) < 4.78 is 2.72. The Morgan fingerprint density at radius 1 is 1.41 bits per heavy atom. The van der Waals surface area contributed by atoms with Gasteiger partial charge in [-0.1, -0.05) is 22.9 Å². The normalized spacial score (nSPS) is 10.7. The maximum atomic E-state index is 6.01. The number of rotatable bonds is 5. The molecule has 0 fully saturated rings. The summed E-state index contributed by atoms with van der Waals surface area (Å²) in [5.74, 6) is 0. The minimum absolute atomic E-state index is 0.737. The number of nitrogens with zero attached hydrogens (tertiary/aromatic N) is 3. The van der Waals surface area contributed by atoms with Gasteiger partial charge in [0.05, 0.1) is 17.8 Å². The van der Waals surface area contributed by atoms with Gasteiger partial charge in [0, 0.05) is 23.8 Å². The minimum Gasteiger partial charge on any atom is -0.311 e. The predicted molar refractivity (Wildman–Crippen MR) is 70.9 cm³/mol. The summed E-state index contributed by atoms with van der Waals surface area (Å²) in [6, 6.07) is 5.95. The molecule has 90 valence electrons. The zero-order valence-corrected chi connectivity index (χ0v) is 11.4. The number of hydrogen-bond donors (Lipinski definition) is 1. The Hall–Kier alpha value is -0.910. The van der Waals surface area contributed by atoms with Crippen LogP contribution < -0.4 is 5.32 Å². The average Bonchev–Trinajstić information content (AvgIpc) is 2.82. The van der Waals surface area contributed by atoms with Crippen molar-refractivity contribution in [1.82, 2.24) is 20.3 Å². The lowest BCUT2D eigenvalue weighted by Gasteiger charge is -2.06. The molecule has 1 heterocycles. The van der Waals surface area contributed by atoms with Gasteiger partial charge in [0.15, 0.2) is 0 Å². The SMILES string of the molecule is Clc1cc(CNCCn2ccnn2)ccc1Br. The monoisotopic (exact) mass is 314 g/mol. The van der Waals surface area contributed by atoms with Gasteiger partial charge in [0.25, 0.3) is 0 Å². The number of nitrogens with one attached hydrogen (secondary N) is 1. The fourth-order valence-corrected chi connectivity index (χ4v) is 1.88. The molecule has 0 amide bonds. The van der Waals surface area contributed by atoms with Crippen molar-refractivity contribution < 1.29 is 0 Å². The molecule has 0 bridgehead atoms. The first-order valence-electron chi connectivity index (χ1n) is 5.24. The topological polar surface area (TPSA) is 42.7 Å². The molecule has 0 radical (unpaired) electrons. The fourth-order valence-electron chi connectivity index (χ4n) is 1.43. The van der Waals surface area contributed by atoms with Crippen molar-refractivity contribution >= 4 is 27.5 Å². The lowest BCUT2D eigenvalue weighted by atomic mass is 10.2. The Morgan fingerprint density at radius 3 is 3.00 bits per heavy atom. The van der Waals surface area contributed by atoms with Gasteiger partial charge in [-0.05, 0) is 33.6 Å². The second kappa shape index (κ2) is 6.14. The van der Waals surface area contributed by atoms with Crippen molar-refractivity contribution in [2.24, 2.45) is 0 Å². The summed E-state index contributed by atoms with van der Waals surface area (Å²) in [6.07, 6.45) is 3.52. The predicted octanol–water partition coefficient (Wildman–Crippen LogP) is 2.48. The van der Waals surface area contributed by atoms with E-state index in [1.165, 1.54) is 0 Å². The highest BCUT2D eigenvalue weighted by Gasteiger charge is 1.99. The molecular formula is C11H12BrClN4. The third-order valence-electron chi connectivity index (χ3n) is 2.30. The summed E-state index contributed by atoms with van der Waals surface area (Å²) in [5.41, 5.74) is 1.16. The highest BCUT2D eigenvalue weighted by Crippen LogP contribution is 2.22. The molecule has 2 rings (SSSR count). The van der Waals surface area contributed by atoms with Crippen LogP contribution in [0, 0.1) is 0 Å². The van der Waals surface area contributed by atoms with E-state index in [4.69, 9.17) is 11.6 Å². The molecule has 0 saturated heterocycles. The molecule has 0 unspecified atom stereocenters. The Bertz CT molecular complexity index is 472. The van der Waals surface area contributed by atoms with E-state index in [1.807, 2.05) is 24.4 Å². The van der Waals surface area contributed by atoms with E-state index < -0.39 is 0 Å². The van der Waals surface area contributed by atoms with E-state index >= 15 is 0 Å². The van der Waals surface area contributed by atoms with Gasteiger partial charge in [-0.2, -0.15) is 0 Å². The van der Waals surface area contributed by atoms with Gasteiger partial charge < -0.3 is 5.32 Å². The van der Waals surface area contributed by atoms with E-state index in [0.717, 1.165) is 34.7 Å². The lowest BCUT2D eigenvalue weighted by Crippen LogP contribution is -2.19. The molecule has 0 aliphatic heterocycles. The zero-order chi connectivity index (χ0) is 12.1. The van der Waals surface area contributed by atoms with E-state index in [-0.39, 0.29) is 0 Å². The van der Waals surface area contributed by atoms with Crippen LogP contribution in [0.1, 0.15) is 5.56 Å². The molecule has 0 spiro atoms. The van der Waals surface area contributed by atoms with E-state index in [1.54, 1.807) is 10.9 Å². The second-order valence-electron chi connectivity index (χ2n) is 3.59. The molecule has 6 heteroatoms. The van der Waals surface area contributed by atoms with Gasteiger partial charge >= 0.3 is 0 Å². The smallest absolute Gasteiger partial charge is 0.0692 e. The second-order valence-corrected chi connectivity index (χ2v) is 4.85. The molecular weight excluding hydrogens is 304 g/mol. The first-order chi connectivity index (χ1) is 8.25. The molecule has 0 saturated carbocycles. The molecule has 1 N–H and O–H groups in total. The maximum absolute atomic E-state index is 6.01. The highest BCUT2D eigenvalue weighted by molar-refractivity contribution is 9.10. The lowest BCUT2D eigenvalue weighted by molar-refractivity contribution is 0.540. The van der Waals surface area contributed by atoms with Crippen LogP contribution >= 0.6 is 27.5 Å². The van der Waals surface area contributed by atoms with Crippen molar-refractivity contribution in [2.45, 2.75) is 13.1 Å². The summed E-state index contributed by atoms with van der Waals surface area (Å²) in [4.78, 5) is 0. The fraction of sp³-hybridized carbons (Fsp3) is 0.273. The van der Waals surface area contributed by atoms with Crippen LogP contribution in [0.5, 0.6) is 0 Å². The highest BCUT2D eigenvalue weighted by atomic mass is 79.9. The number of hydrogen-bond acceptors (Lipinski definition) is 3. The van der Waals surface area contributed by atoms with E-state index in [0.29, 0.717) is 0 Å². The third-order valence-corrected chi connectivity index (χ3v) is 3.54. The van der Waals surface area contributed by atoms with Crippen molar-refractivity contribution in [1.29, 1.82) is 0 Å². The zero-order valence-electron chi connectivity index (χ0n) is 9.11. The van der Waals surface area contributed by atoms with E-state index in [9.17, 15) is 0 Å². The van der Waals surface area contributed by atoms with Crippen LogP contribution in [0.25, 0.3) is 0 Å². The van der Waals surface area contributed by atoms with Crippen LogP contribution in [0.3, 0.4) is 0 Å². The van der Waals surface area contributed by atoms with Crippen LogP contribution in [-0.4, -0.2) is 21.5 Å². The summed E-state index contributed by atoms with van der Waals surface area (Å²) in [5, 5.41) is 11.7. The van der Waals surface area contributed by atoms with Gasteiger partial charge in [-0.15, -0.1) is 5.10 Å². The van der Waals surface area contributed by atoms with Crippen molar-refractivity contribution in [2.75, 3.05) is 6.54 Å². The maximum Gasteiger partial charge on any atom is 0.0692 e. The molecule has 1 aromatic carbocycles. The number of benzene rings is 1. The Kier molecular flexibility index (Phi) is 4.53. The molecule has 0 atom stereocenters. The minimum atomic E-state index is 0.737. The third kappa shape index (κ3) is 3.80. The Balaban J connectivity index is 1.76. The van der Waals surface area contributed by atoms with Gasteiger partial charge in [0.1, 0.15) is 0 Å². The van der Waals surface area contributed by atoms with E-state index in [2.05, 4.69) is 31.6 Å². The van der Waals surface area contributed by atoms with Crippen LogP contribution in [0.4, 0.5) is 0 Å². The van der Waals surface area contributed by atoms with Crippen molar-refractivity contribution in [3.63, 3.8) is 0 Å². The first kappa shape index (κ1) is 12.5. The summed E-state index contributed by atoms with van der Waals surface area (Å²) in [6.45, 7) is 2.45. The van der Waals surface area contributed by atoms with Gasteiger partial charge in [0.2, 0.25) is 0 Å². The molecule has 1 aromatic heterocycles. The van der Waals surface area contributed by atoms with Gasteiger partial charge in [-0.25, -0.2) is 0 Å². The van der Waals surface area contributed by atoms with Crippen LogP contribution in [0.2, 0.25) is 5.02 Å². The van der Waals surface area contributed by atoms with Crippen LogP contribution in [0.15, 0.2) is 35.1 Å². The molecule has 0 aliphatic rings. The Morgan fingerprint density at radius 2 is 2.29 bits per heavy atom. The summed E-state index contributed by atoms with van der Waals surface area (Å²) in [7, 11) is 0. The quantitative estimate of drug-likeness (QED) is 0.862. The first-order valence-corrected chi connectivity index (χ1v) is 6.41. The average molecular weight is 316 g/mol. The summed E-state index contributed by atoms with van der Waals surface area (Å²) >= 11 is 9.38. The molecule has 17 heavy (non-hydrogen) atoms. The van der Waals surface area contributed by atoms with Gasteiger partial charge in [-0.3, -0.25) is 4.68 Å². The molecule has 0 aliphatic carbocycles. The number of aromatic nitrogens is 3. The number of halogens is 2. The van der Waals surface area contributed by atoms with Crippen molar-refractivity contribution in [3.05, 3.63) is 45.7 Å². The van der Waals surface area contributed by atoms with Crippen LogP contribution in [-0.2, 0) is 13.1 Å². The largest absolute Gasteiger partial charge is 0.311 e. The Labute approximate surface area is 113 Å².